The van der Waals surface area contributed by atoms with Crippen LogP contribution in [0.5, 0.6) is 0 Å². The van der Waals surface area contributed by atoms with E-state index < -0.39 is 5.41 Å². The van der Waals surface area contributed by atoms with Crippen molar-refractivity contribution < 1.29 is 4.79 Å². The van der Waals surface area contributed by atoms with Crippen LogP contribution in [0.1, 0.15) is 45.6 Å². The molecule has 2 heterocycles. The van der Waals surface area contributed by atoms with Crippen LogP contribution in [0.25, 0.3) is 22.4 Å². The molecule has 2 aromatic carbocycles. The average molecular weight is 394 g/mol. The molecule has 0 bridgehead atoms. The van der Waals surface area contributed by atoms with Gasteiger partial charge in [-0.2, -0.15) is 0 Å². The van der Waals surface area contributed by atoms with Crippen molar-refractivity contribution in [2.24, 2.45) is 0 Å². The third-order valence-corrected chi connectivity index (χ3v) is 6.44. The SMILES string of the molecule is CCCCCN1C(=O)C(C)(C)c2cc3nc(-c4ccc(SC)cc4)[nH]c3cc21. The molecule has 0 spiro atoms. The monoisotopic (exact) mass is 393 g/mol. The van der Waals surface area contributed by atoms with Gasteiger partial charge in [-0.15, -0.1) is 11.8 Å². The van der Waals surface area contributed by atoms with E-state index in [0.29, 0.717) is 0 Å². The minimum atomic E-state index is -0.505. The highest BCUT2D eigenvalue weighted by Crippen LogP contribution is 2.43. The largest absolute Gasteiger partial charge is 0.338 e. The van der Waals surface area contributed by atoms with Crippen LogP contribution >= 0.6 is 11.8 Å². The van der Waals surface area contributed by atoms with E-state index in [1.165, 1.54) is 4.90 Å². The van der Waals surface area contributed by atoms with Gasteiger partial charge in [0.15, 0.2) is 0 Å². The second kappa shape index (κ2) is 7.28. The molecule has 4 nitrogen and oxygen atoms in total. The first-order valence-electron chi connectivity index (χ1n) is 9.96. The second-order valence-electron chi connectivity index (χ2n) is 7.99. The van der Waals surface area contributed by atoms with E-state index in [9.17, 15) is 4.79 Å². The van der Waals surface area contributed by atoms with Crippen LogP contribution in [-0.4, -0.2) is 28.7 Å². The van der Waals surface area contributed by atoms with Crippen LogP contribution in [0.3, 0.4) is 0 Å². The number of anilines is 1. The molecule has 1 aromatic heterocycles. The number of amides is 1. The molecule has 0 saturated carbocycles. The van der Waals surface area contributed by atoms with Gasteiger partial charge in [0.2, 0.25) is 5.91 Å². The molecule has 1 amide bonds. The molecule has 1 N–H and O–H groups in total. The number of benzene rings is 2. The Labute approximate surface area is 170 Å². The molecule has 0 fully saturated rings. The number of thioether (sulfide) groups is 1. The summed E-state index contributed by atoms with van der Waals surface area (Å²) in [6.07, 6.45) is 5.40. The van der Waals surface area contributed by atoms with E-state index in [1.807, 2.05) is 18.7 Å². The van der Waals surface area contributed by atoms with Crippen molar-refractivity contribution in [1.29, 1.82) is 0 Å². The summed E-state index contributed by atoms with van der Waals surface area (Å²) in [6.45, 7) is 7.01. The standard InChI is InChI=1S/C23H27N3OS/c1-5-6-7-12-26-20-14-19-18(13-17(20)23(2,3)22(26)27)24-21(25-19)15-8-10-16(28-4)11-9-15/h8-11,13-14H,5-7,12H2,1-4H3,(H,24,25). The number of imidazole rings is 1. The number of rotatable bonds is 6. The first-order valence-corrected chi connectivity index (χ1v) is 11.2. The molecule has 4 rings (SSSR count). The predicted octanol–water partition coefficient (Wildman–Crippen LogP) is 5.77. The van der Waals surface area contributed by atoms with Gasteiger partial charge < -0.3 is 9.88 Å². The highest BCUT2D eigenvalue weighted by molar-refractivity contribution is 7.98. The number of H-pyrrole nitrogens is 1. The molecule has 3 aromatic rings. The summed E-state index contributed by atoms with van der Waals surface area (Å²) in [4.78, 5) is 24.5. The highest BCUT2D eigenvalue weighted by atomic mass is 32.2. The van der Waals surface area contributed by atoms with Crippen LogP contribution in [0.4, 0.5) is 5.69 Å². The Balaban J connectivity index is 1.75. The Hall–Kier alpha value is -2.27. The lowest BCUT2D eigenvalue weighted by Gasteiger charge is -2.20. The van der Waals surface area contributed by atoms with Crippen LogP contribution in [0.15, 0.2) is 41.3 Å². The number of aromatic amines is 1. The van der Waals surface area contributed by atoms with Gasteiger partial charge in [-0.25, -0.2) is 4.98 Å². The maximum Gasteiger partial charge on any atom is 0.237 e. The maximum atomic E-state index is 13.0. The van der Waals surface area contributed by atoms with Gasteiger partial charge in [0, 0.05) is 17.0 Å². The van der Waals surface area contributed by atoms with Crippen LogP contribution in [0, 0.1) is 0 Å². The zero-order chi connectivity index (χ0) is 19.9. The average Bonchev–Trinajstić information content (AvgIpc) is 3.19. The Bertz CT molecular complexity index is 1020. The van der Waals surface area contributed by atoms with Gasteiger partial charge in [-0.3, -0.25) is 4.79 Å². The van der Waals surface area contributed by atoms with E-state index in [2.05, 4.69) is 54.6 Å². The molecular formula is C23H27N3OS. The van der Waals surface area contributed by atoms with E-state index in [1.54, 1.807) is 11.8 Å². The number of carbonyl (C=O) groups is 1. The van der Waals surface area contributed by atoms with Gasteiger partial charge in [0.05, 0.1) is 22.1 Å². The zero-order valence-corrected chi connectivity index (χ0v) is 17.8. The number of hydrogen-bond acceptors (Lipinski definition) is 3. The summed E-state index contributed by atoms with van der Waals surface area (Å²) in [5.74, 6) is 1.06. The molecule has 0 radical (unpaired) electrons. The number of nitrogens with one attached hydrogen (secondary N) is 1. The summed E-state index contributed by atoms with van der Waals surface area (Å²) in [6, 6.07) is 12.6. The molecule has 28 heavy (non-hydrogen) atoms. The first kappa shape index (κ1) is 19.1. The molecule has 0 saturated heterocycles. The van der Waals surface area contributed by atoms with Crippen LogP contribution < -0.4 is 4.90 Å². The van der Waals surface area contributed by atoms with Gasteiger partial charge >= 0.3 is 0 Å². The summed E-state index contributed by atoms with van der Waals surface area (Å²) in [7, 11) is 0. The minimum Gasteiger partial charge on any atom is -0.338 e. The lowest BCUT2D eigenvalue weighted by molar-refractivity contribution is -0.122. The van der Waals surface area contributed by atoms with Crippen molar-refractivity contribution in [3.05, 3.63) is 42.0 Å². The molecular weight excluding hydrogens is 366 g/mol. The fraction of sp³-hybridized carbons (Fsp3) is 0.391. The summed E-state index contributed by atoms with van der Waals surface area (Å²) < 4.78 is 0. The van der Waals surface area contributed by atoms with Gasteiger partial charge in [-0.05, 0) is 56.4 Å². The van der Waals surface area contributed by atoms with Crippen LogP contribution in [-0.2, 0) is 10.2 Å². The smallest absolute Gasteiger partial charge is 0.237 e. The van der Waals surface area contributed by atoms with Gasteiger partial charge in [0.1, 0.15) is 5.82 Å². The molecule has 1 aliphatic heterocycles. The fourth-order valence-corrected chi connectivity index (χ4v) is 4.37. The molecule has 0 atom stereocenters. The molecule has 0 unspecified atom stereocenters. The zero-order valence-electron chi connectivity index (χ0n) is 17.0. The van der Waals surface area contributed by atoms with Crippen molar-refractivity contribution in [3.63, 3.8) is 0 Å². The number of aromatic nitrogens is 2. The third-order valence-electron chi connectivity index (χ3n) is 5.69. The van der Waals surface area contributed by atoms with Crippen LogP contribution in [0.2, 0.25) is 0 Å². The number of unbranched alkanes of at least 4 members (excludes halogenated alkanes) is 2. The molecule has 1 aliphatic rings. The van der Waals surface area contributed by atoms with Gasteiger partial charge in [-0.1, -0.05) is 31.9 Å². The Morgan fingerprint density at radius 2 is 1.89 bits per heavy atom. The number of hydrogen-bond donors (Lipinski definition) is 1. The van der Waals surface area contributed by atoms with Crippen molar-refractivity contribution in [2.45, 2.75) is 50.3 Å². The van der Waals surface area contributed by atoms with Crippen molar-refractivity contribution in [1.82, 2.24) is 9.97 Å². The van der Waals surface area contributed by atoms with E-state index in [-0.39, 0.29) is 5.91 Å². The van der Waals surface area contributed by atoms with E-state index in [0.717, 1.165) is 59.5 Å². The number of nitrogens with zero attached hydrogens (tertiary/aromatic N) is 2. The third kappa shape index (κ3) is 3.12. The summed E-state index contributed by atoms with van der Waals surface area (Å²) in [5, 5.41) is 0. The first-order chi connectivity index (χ1) is 13.5. The highest BCUT2D eigenvalue weighted by Gasteiger charge is 2.43. The quantitative estimate of drug-likeness (QED) is 0.427. The topological polar surface area (TPSA) is 49.0 Å². The van der Waals surface area contributed by atoms with Gasteiger partial charge in [0.25, 0.3) is 0 Å². The second-order valence-corrected chi connectivity index (χ2v) is 8.87. The summed E-state index contributed by atoms with van der Waals surface area (Å²) in [5.41, 5.74) is 4.58. The number of fused-ring (bicyclic) bond motifs is 2. The van der Waals surface area contributed by atoms with E-state index >= 15 is 0 Å². The molecule has 0 aliphatic carbocycles. The Morgan fingerprint density at radius 1 is 1.14 bits per heavy atom. The minimum absolute atomic E-state index is 0.194. The number of carbonyl (C=O) groups excluding carboxylic acids is 1. The molecule has 146 valence electrons. The van der Waals surface area contributed by atoms with Crippen molar-refractivity contribution in [2.75, 3.05) is 17.7 Å². The maximum absolute atomic E-state index is 13.0. The fourth-order valence-electron chi connectivity index (χ4n) is 3.96. The lowest BCUT2D eigenvalue weighted by atomic mass is 9.86. The normalized spacial score (nSPS) is 15.4. The Morgan fingerprint density at radius 3 is 2.57 bits per heavy atom. The Kier molecular flexibility index (Phi) is 4.96. The van der Waals surface area contributed by atoms with E-state index in [4.69, 9.17) is 4.98 Å². The summed E-state index contributed by atoms with van der Waals surface area (Å²) >= 11 is 1.73. The lowest BCUT2D eigenvalue weighted by Crippen LogP contribution is -2.36. The predicted molar refractivity (Wildman–Crippen MR) is 118 cm³/mol. The molecule has 5 heteroatoms. The van der Waals surface area contributed by atoms with Crippen molar-refractivity contribution >= 4 is 34.4 Å². The van der Waals surface area contributed by atoms with Crippen molar-refractivity contribution in [3.8, 4) is 11.4 Å².